The van der Waals surface area contributed by atoms with E-state index in [1.54, 1.807) is 12.1 Å². The van der Waals surface area contributed by atoms with Crippen LogP contribution in [-0.4, -0.2) is 23.5 Å². The predicted octanol–water partition coefficient (Wildman–Crippen LogP) is 3.51. The molecule has 0 aliphatic carbocycles. The molecule has 0 saturated heterocycles. The molecule has 0 spiro atoms. The predicted molar refractivity (Wildman–Crippen MR) is 89.4 cm³/mol. The number of aromatic nitrogens is 1. The number of pyridine rings is 1. The summed E-state index contributed by atoms with van der Waals surface area (Å²) in [6, 6.07) is 12.0. The second-order valence-corrected chi connectivity index (χ2v) is 5.99. The van der Waals surface area contributed by atoms with Crippen LogP contribution in [0.5, 0.6) is 0 Å². The third kappa shape index (κ3) is 3.22. The molecule has 1 aromatic heterocycles. The maximum atomic E-state index is 12.3. The first-order valence-electron chi connectivity index (χ1n) is 7.39. The van der Waals surface area contributed by atoms with Crippen molar-refractivity contribution in [3.63, 3.8) is 0 Å². The Kier molecular flexibility index (Phi) is 4.29. The number of carbonyl (C=O) groups excluding carboxylic acids is 1. The first kappa shape index (κ1) is 14.9. The van der Waals surface area contributed by atoms with Crippen molar-refractivity contribution in [1.29, 1.82) is 0 Å². The van der Waals surface area contributed by atoms with Crippen molar-refractivity contribution in [1.82, 2.24) is 4.98 Å². The summed E-state index contributed by atoms with van der Waals surface area (Å²) in [7, 11) is 0. The SMILES string of the molecule is C[C@H]1CCc2ccccc2N1CC(=O)Nc1ccc(Cl)cn1. The number of rotatable bonds is 3. The molecule has 0 radical (unpaired) electrons. The molecule has 1 aliphatic rings. The quantitative estimate of drug-likeness (QED) is 0.942. The highest BCUT2D eigenvalue weighted by atomic mass is 35.5. The van der Waals surface area contributed by atoms with Gasteiger partial charge < -0.3 is 10.2 Å². The topological polar surface area (TPSA) is 45.2 Å². The lowest BCUT2D eigenvalue weighted by Crippen LogP contribution is -2.42. The maximum absolute atomic E-state index is 12.3. The van der Waals surface area contributed by atoms with Crippen LogP contribution < -0.4 is 10.2 Å². The average Bonchev–Trinajstić information content (AvgIpc) is 2.52. The molecule has 0 fully saturated rings. The zero-order valence-corrected chi connectivity index (χ0v) is 13.2. The van der Waals surface area contributed by atoms with E-state index >= 15 is 0 Å². The lowest BCUT2D eigenvalue weighted by Gasteiger charge is -2.36. The molecule has 2 aromatic rings. The minimum Gasteiger partial charge on any atom is -0.359 e. The zero-order chi connectivity index (χ0) is 15.5. The molecule has 5 heteroatoms. The summed E-state index contributed by atoms with van der Waals surface area (Å²) in [4.78, 5) is 18.5. The number of halogens is 1. The van der Waals surface area contributed by atoms with Crippen LogP contribution in [0.15, 0.2) is 42.6 Å². The molecule has 22 heavy (non-hydrogen) atoms. The highest BCUT2D eigenvalue weighted by molar-refractivity contribution is 6.30. The van der Waals surface area contributed by atoms with E-state index in [2.05, 4.69) is 34.3 Å². The third-order valence-electron chi connectivity index (χ3n) is 3.97. The molecule has 1 aromatic carbocycles. The Morgan fingerprint density at radius 1 is 1.36 bits per heavy atom. The number of hydrogen-bond acceptors (Lipinski definition) is 3. The van der Waals surface area contributed by atoms with Crippen molar-refractivity contribution in [3.8, 4) is 0 Å². The molecular formula is C17H18ClN3O. The second-order valence-electron chi connectivity index (χ2n) is 5.55. The smallest absolute Gasteiger partial charge is 0.245 e. The number of nitrogens with one attached hydrogen (secondary N) is 1. The molecule has 3 rings (SSSR count). The Bertz CT molecular complexity index is 672. The third-order valence-corrected chi connectivity index (χ3v) is 4.20. The van der Waals surface area contributed by atoms with Crippen LogP contribution in [0, 0.1) is 0 Å². The number of amides is 1. The Morgan fingerprint density at radius 2 is 2.18 bits per heavy atom. The largest absolute Gasteiger partial charge is 0.359 e. The monoisotopic (exact) mass is 315 g/mol. The normalized spacial score (nSPS) is 17.0. The van der Waals surface area contributed by atoms with Gasteiger partial charge in [-0.1, -0.05) is 29.8 Å². The Hall–Kier alpha value is -2.07. The summed E-state index contributed by atoms with van der Waals surface area (Å²) in [5, 5.41) is 3.37. The number of nitrogens with zero attached hydrogens (tertiary/aromatic N) is 2. The van der Waals surface area contributed by atoms with Gasteiger partial charge in [0.15, 0.2) is 0 Å². The number of hydrogen-bond donors (Lipinski definition) is 1. The van der Waals surface area contributed by atoms with E-state index in [0.717, 1.165) is 18.5 Å². The number of aryl methyl sites for hydroxylation is 1. The lowest BCUT2D eigenvalue weighted by molar-refractivity contribution is -0.115. The van der Waals surface area contributed by atoms with Crippen LogP contribution in [0.25, 0.3) is 0 Å². The van der Waals surface area contributed by atoms with Crippen LogP contribution in [0.1, 0.15) is 18.9 Å². The number of benzene rings is 1. The number of carbonyl (C=O) groups is 1. The molecule has 0 saturated carbocycles. The lowest BCUT2D eigenvalue weighted by atomic mass is 9.97. The van der Waals surface area contributed by atoms with Crippen LogP contribution >= 0.6 is 11.6 Å². The van der Waals surface area contributed by atoms with Gasteiger partial charge in [-0.25, -0.2) is 4.98 Å². The zero-order valence-electron chi connectivity index (χ0n) is 12.4. The van der Waals surface area contributed by atoms with Crippen molar-refractivity contribution in [2.45, 2.75) is 25.8 Å². The van der Waals surface area contributed by atoms with E-state index in [1.807, 2.05) is 12.1 Å². The van der Waals surface area contributed by atoms with Gasteiger partial charge in [-0.05, 0) is 43.5 Å². The fourth-order valence-corrected chi connectivity index (χ4v) is 2.90. The Balaban J connectivity index is 1.72. The average molecular weight is 316 g/mol. The van der Waals surface area contributed by atoms with Crippen molar-refractivity contribution in [3.05, 3.63) is 53.2 Å². The summed E-state index contributed by atoms with van der Waals surface area (Å²) in [5.41, 5.74) is 2.46. The summed E-state index contributed by atoms with van der Waals surface area (Å²) in [5.74, 6) is 0.450. The van der Waals surface area contributed by atoms with Crippen molar-refractivity contribution in [2.75, 3.05) is 16.8 Å². The summed E-state index contributed by atoms with van der Waals surface area (Å²) >= 11 is 5.80. The first-order chi connectivity index (χ1) is 10.6. The van der Waals surface area contributed by atoms with Gasteiger partial charge in [-0.3, -0.25) is 4.79 Å². The molecule has 0 unspecified atom stereocenters. The van der Waals surface area contributed by atoms with Crippen molar-refractivity contribution in [2.24, 2.45) is 0 Å². The van der Waals surface area contributed by atoms with Crippen LogP contribution in [-0.2, 0) is 11.2 Å². The Labute approximate surface area is 135 Å². The van der Waals surface area contributed by atoms with Crippen molar-refractivity contribution >= 4 is 29.0 Å². The van der Waals surface area contributed by atoms with Crippen LogP contribution in [0.4, 0.5) is 11.5 Å². The highest BCUT2D eigenvalue weighted by Gasteiger charge is 2.24. The molecule has 1 atom stereocenters. The minimum atomic E-state index is -0.0709. The van der Waals surface area contributed by atoms with Gasteiger partial charge in [-0.15, -0.1) is 0 Å². The van der Waals surface area contributed by atoms with Gasteiger partial charge in [0.05, 0.1) is 11.6 Å². The summed E-state index contributed by atoms with van der Waals surface area (Å²) in [6.45, 7) is 2.48. The molecule has 1 amide bonds. The van der Waals surface area contributed by atoms with Gasteiger partial charge in [0.1, 0.15) is 5.82 Å². The van der Waals surface area contributed by atoms with Gasteiger partial charge in [0.25, 0.3) is 0 Å². The molecule has 0 bridgehead atoms. The van der Waals surface area contributed by atoms with Gasteiger partial charge in [-0.2, -0.15) is 0 Å². The van der Waals surface area contributed by atoms with E-state index in [1.165, 1.54) is 11.8 Å². The molecule has 2 heterocycles. The molecule has 1 aliphatic heterocycles. The molecule has 114 valence electrons. The van der Waals surface area contributed by atoms with E-state index in [4.69, 9.17) is 11.6 Å². The highest BCUT2D eigenvalue weighted by Crippen LogP contribution is 2.30. The Morgan fingerprint density at radius 3 is 2.95 bits per heavy atom. The van der Waals surface area contributed by atoms with Crippen LogP contribution in [0.2, 0.25) is 5.02 Å². The fourth-order valence-electron chi connectivity index (χ4n) is 2.79. The van der Waals surface area contributed by atoms with E-state index in [-0.39, 0.29) is 5.91 Å². The number of fused-ring (bicyclic) bond motifs is 1. The minimum absolute atomic E-state index is 0.0709. The fraction of sp³-hybridized carbons (Fsp3) is 0.294. The van der Waals surface area contributed by atoms with Crippen molar-refractivity contribution < 1.29 is 4.79 Å². The number of para-hydroxylation sites is 1. The van der Waals surface area contributed by atoms with E-state index in [9.17, 15) is 4.79 Å². The first-order valence-corrected chi connectivity index (χ1v) is 7.77. The summed E-state index contributed by atoms with van der Waals surface area (Å²) in [6.07, 6.45) is 3.65. The maximum Gasteiger partial charge on any atom is 0.245 e. The van der Waals surface area contributed by atoms with Gasteiger partial charge in [0.2, 0.25) is 5.91 Å². The second kappa shape index (κ2) is 6.36. The standard InChI is InChI=1S/C17H18ClN3O/c1-12-6-7-13-4-2-3-5-15(13)21(12)11-17(22)20-16-9-8-14(18)10-19-16/h2-5,8-10,12H,6-7,11H2,1H3,(H,19,20,22)/t12-/m0/s1. The van der Waals surface area contributed by atoms with Crippen LogP contribution in [0.3, 0.4) is 0 Å². The molecule has 4 nitrogen and oxygen atoms in total. The van der Waals surface area contributed by atoms with Gasteiger partial charge >= 0.3 is 0 Å². The summed E-state index contributed by atoms with van der Waals surface area (Å²) < 4.78 is 0. The van der Waals surface area contributed by atoms with E-state index < -0.39 is 0 Å². The number of anilines is 2. The molecule has 1 N–H and O–H groups in total. The van der Waals surface area contributed by atoms with E-state index in [0.29, 0.717) is 23.4 Å². The molecular weight excluding hydrogens is 298 g/mol. The van der Waals surface area contributed by atoms with Gasteiger partial charge in [0, 0.05) is 17.9 Å².